The van der Waals surface area contributed by atoms with Crippen LogP contribution in [0.3, 0.4) is 0 Å². The Morgan fingerprint density at radius 2 is 1.88 bits per heavy atom. The van der Waals surface area contributed by atoms with Crippen LogP contribution in [-0.2, 0) is 4.74 Å². The molecule has 6 heteroatoms. The summed E-state index contributed by atoms with van der Waals surface area (Å²) in [7, 11) is 3.95. The van der Waals surface area contributed by atoms with Gasteiger partial charge in [-0.05, 0) is 50.2 Å². The van der Waals surface area contributed by atoms with E-state index >= 15 is 0 Å². The Labute approximate surface area is 150 Å². The van der Waals surface area contributed by atoms with Gasteiger partial charge in [0, 0.05) is 38.4 Å². The number of β-amino-alcohol motifs (C(OH)–C–C–N with tert-alkyl or cyclic N) is 1. The molecule has 0 aromatic heterocycles. The third-order valence-electron chi connectivity index (χ3n) is 5.00. The summed E-state index contributed by atoms with van der Waals surface area (Å²) in [6, 6.07) is 7.59. The molecular weight excluding hydrogens is 318 g/mol. The van der Waals surface area contributed by atoms with E-state index in [-0.39, 0.29) is 12.5 Å². The van der Waals surface area contributed by atoms with E-state index in [4.69, 9.17) is 4.74 Å². The first-order valence-corrected chi connectivity index (χ1v) is 9.06. The largest absolute Gasteiger partial charge is 0.384 e. The highest BCUT2D eigenvalue weighted by molar-refractivity contribution is 5.94. The van der Waals surface area contributed by atoms with Crippen molar-refractivity contribution in [3.8, 4) is 0 Å². The van der Waals surface area contributed by atoms with Crippen LogP contribution in [0, 0.1) is 0 Å². The number of hydrogen-bond donors (Lipinski definition) is 1. The Morgan fingerprint density at radius 3 is 2.52 bits per heavy atom. The van der Waals surface area contributed by atoms with Gasteiger partial charge in [-0.1, -0.05) is 0 Å². The summed E-state index contributed by atoms with van der Waals surface area (Å²) in [4.78, 5) is 18.9. The predicted octanol–water partition coefficient (Wildman–Crippen LogP) is 1.05. The molecule has 138 valence electrons. The summed E-state index contributed by atoms with van der Waals surface area (Å²) < 4.78 is 5.61. The number of aliphatic hydroxyl groups is 1. The Bertz CT molecular complexity index is 584. The molecule has 1 atom stereocenters. The van der Waals surface area contributed by atoms with Crippen LogP contribution in [0.25, 0.3) is 0 Å². The lowest BCUT2D eigenvalue weighted by Crippen LogP contribution is -2.53. The lowest BCUT2D eigenvalue weighted by atomic mass is 10.0. The number of carbonyl (C=O) groups is 1. The minimum Gasteiger partial charge on any atom is -0.384 e. The van der Waals surface area contributed by atoms with E-state index in [2.05, 4.69) is 4.90 Å². The summed E-state index contributed by atoms with van der Waals surface area (Å²) in [6.07, 6.45) is 2.36. The third kappa shape index (κ3) is 4.51. The van der Waals surface area contributed by atoms with Crippen molar-refractivity contribution in [3.05, 3.63) is 29.8 Å². The van der Waals surface area contributed by atoms with Crippen molar-refractivity contribution >= 4 is 11.6 Å². The van der Waals surface area contributed by atoms with Crippen LogP contribution in [0.5, 0.6) is 0 Å². The smallest absolute Gasteiger partial charge is 0.254 e. The topological polar surface area (TPSA) is 56.3 Å². The van der Waals surface area contributed by atoms with E-state index in [0.717, 1.165) is 18.8 Å². The van der Waals surface area contributed by atoms with E-state index in [1.165, 1.54) is 12.8 Å². The van der Waals surface area contributed by atoms with Gasteiger partial charge < -0.3 is 24.5 Å². The summed E-state index contributed by atoms with van der Waals surface area (Å²) in [5.41, 5.74) is 0.706. The molecule has 2 fully saturated rings. The van der Waals surface area contributed by atoms with Crippen molar-refractivity contribution in [1.29, 1.82) is 0 Å². The molecule has 2 aliphatic heterocycles. The Morgan fingerprint density at radius 1 is 1.20 bits per heavy atom. The molecule has 0 radical (unpaired) electrons. The first-order chi connectivity index (χ1) is 12.0. The van der Waals surface area contributed by atoms with Gasteiger partial charge in [0.1, 0.15) is 5.60 Å². The number of nitrogens with zero attached hydrogens (tertiary/aromatic N) is 3. The number of likely N-dealkylation sites (tertiary alicyclic amines) is 1. The molecule has 1 aromatic carbocycles. The van der Waals surface area contributed by atoms with Crippen LogP contribution in [0.4, 0.5) is 5.69 Å². The third-order valence-corrected chi connectivity index (χ3v) is 5.00. The van der Waals surface area contributed by atoms with Crippen molar-refractivity contribution < 1.29 is 14.6 Å². The molecule has 0 spiro atoms. The highest BCUT2D eigenvalue weighted by atomic mass is 16.5. The molecule has 2 saturated heterocycles. The summed E-state index contributed by atoms with van der Waals surface area (Å²) in [5.74, 6) is -0.0457. The van der Waals surface area contributed by atoms with Crippen LogP contribution in [0.1, 0.15) is 23.2 Å². The molecule has 0 saturated carbocycles. The number of benzene rings is 1. The fraction of sp³-hybridized carbons (Fsp3) is 0.632. The van der Waals surface area contributed by atoms with Gasteiger partial charge in [0.25, 0.3) is 5.91 Å². The second kappa shape index (κ2) is 7.72. The quantitative estimate of drug-likeness (QED) is 0.882. The molecule has 1 amide bonds. The SMILES string of the molecule is CN(C)c1ccc(C(=O)N2CCOCC(O)(CN3CCCC3)C2)cc1. The van der Waals surface area contributed by atoms with Gasteiger partial charge >= 0.3 is 0 Å². The lowest BCUT2D eigenvalue weighted by molar-refractivity contribution is -0.0524. The minimum atomic E-state index is -1.000. The van der Waals surface area contributed by atoms with Crippen LogP contribution in [0.2, 0.25) is 0 Å². The van der Waals surface area contributed by atoms with E-state index in [9.17, 15) is 9.90 Å². The van der Waals surface area contributed by atoms with Crippen molar-refractivity contribution in [2.45, 2.75) is 18.4 Å². The number of rotatable bonds is 4. The van der Waals surface area contributed by atoms with E-state index < -0.39 is 5.60 Å². The average molecular weight is 347 g/mol. The highest BCUT2D eigenvalue weighted by Gasteiger charge is 2.36. The molecule has 1 unspecified atom stereocenters. The molecule has 1 aromatic rings. The molecule has 2 aliphatic rings. The summed E-state index contributed by atoms with van der Waals surface area (Å²) in [5, 5.41) is 11.0. The zero-order valence-corrected chi connectivity index (χ0v) is 15.3. The van der Waals surface area contributed by atoms with Crippen LogP contribution < -0.4 is 4.90 Å². The monoisotopic (exact) mass is 347 g/mol. The molecular formula is C19H29N3O3. The Hall–Kier alpha value is -1.63. The number of amides is 1. The Kier molecular flexibility index (Phi) is 5.61. The second-order valence-electron chi connectivity index (χ2n) is 7.43. The predicted molar refractivity (Wildman–Crippen MR) is 98.1 cm³/mol. The molecule has 25 heavy (non-hydrogen) atoms. The van der Waals surface area contributed by atoms with Crippen molar-refractivity contribution in [2.24, 2.45) is 0 Å². The summed E-state index contributed by atoms with van der Waals surface area (Å²) in [6.45, 7) is 4.17. The van der Waals surface area contributed by atoms with E-state index in [1.54, 1.807) is 4.90 Å². The van der Waals surface area contributed by atoms with E-state index in [0.29, 0.717) is 31.8 Å². The van der Waals surface area contributed by atoms with Gasteiger partial charge in [-0.3, -0.25) is 4.79 Å². The molecule has 0 aliphatic carbocycles. The maximum absolute atomic E-state index is 12.9. The number of ether oxygens (including phenoxy) is 1. The first-order valence-electron chi connectivity index (χ1n) is 9.06. The zero-order chi connectivity index (χ0) is 17.9. The van der Waals surface area contributed by atoms with Gasteiger partial charge in [-0.2, -0.15) is 0 Å². The molecule has 3 rings (SSSR count). The fourth-order valence-electron chi connectivity index (χ4n) is 3.63. The van der Waals surface area contributed by atoms with Crippen molar-refractivity contribution in [3.63, 3.8) is 0 Å². The van der Waals surface area contributed by atoms with Gasteiger partial charge in [-0.25, -0.2) is 0 Å². The Balaban J connectivity index is 1.69. The van der Waals surface area contributed by atoms with Crippen molar-refractivity contribution in [1.82, 2.24) is 9.80 Å². The average Bonchev–Trinajstić information content (AvgIpc) is 3.01. The normalized spacial score (nSPS) is 25.0. The van der Waals surface area contributed by atoms with Gasteiger partial charge in [0.2, 0.25) is 0 Å². The van der Waals surface area contributed by atoms with Crippen LogP contribution in [-0.4, -0.2) is 86.4 Å². The maximum atomic E-state index is 12.9. The van der Waals surface area contributed by atoms with Gasteiger partial charge in [0.05, 0.1) is 19.8 Å². The maximum Gasteiger partial charge on any atom is 0.254 e. The molecule has 6 nitrogen and oxygen atoms in total. The van der Waals surface area contributed by atoms with Crippen LogP contribution in [0.15, 0.2) is 24.3 Å². The first kappa shape index (κ1) is 18.2. The van der Waals surface area contributed by atoms with Gasteiger partial charge in [-0.15, -0.1) is 0 Å². The molecule has 2 heterocycles. The lowest BCUT2D eigenvalue weighted by Gasteiger charge is -2.34. The fourth-order valence-corrected chi connectivity index (χ4v) is 3.63. The molecule has 0 bridgehead atoms. The van der Waals surface area contributed by atoms with E-state index in [1.807, 2.05) is 43.3 Å². The summed E-state index contributed by atoms with van der Waals surface area (Å²) >= 11 is 0. The molecule has 1 N–H and O–H groups in total. The van der Waals surface area contributed by atoms with Crippen LogP contribution >= 0.6 is 0 Å². The second-order valence-corrected chi connectivity index (χ2v) is 7.43. The minimum absolute atomic E-state index is 0.0457. The number of carbonyl (C=O) groups excluding carboxylic acids is 1. The number of hydrogen-bond acceptors (Lipinski definition) is 5. The van der Waals surface area contributed by atoms with Crippen molar-refractivity contribution in [2.75, 3.05) is 64.9 Å². The highest BCUT2D eigenvalue weighted by Crippen LogP contribution is 2.20. The van der Waals surface area contributed by atoms with Gasteiger partial charge in [0.15, 0.2) is 0 Å². The number of anilines is 1. The zero-order valence-electron chi connectivity index (χ0n) is 15.3. The standard InChI is InChI=1S/C19H29N3O3/c1-20(2)17-7-5-16(6-8-17)18(23)22-11-12-25-15-19(24,14-22)13-21-9-3-4-10-21/h5-8,24H,3-4,9-15H2,1-2H3.